The molecule has 0 amide bonds. The van der Waals surface area contributed by atoms with E-state index in [-0.39, 0.29) is 6.42 Å². The number of carbonyl (C=O) groups excluding carboxylic acids is 1. The van der Waals surface area contributed by atoms with Gasteiger partial charge in [0.2, 0.25) is 0 Å². The zero-order valence-electron chi connectivity index (χ0n) is 20.7. The van der Waals surface area contributed by atoms with Crippen molar-refractivity contribution < 1.29 is 18.7 Å². The third-order valence-corrected chi connectivity index (χ3v) is 5.79. The van der Waals surface area contributed by atoms with E-state index in [4.69, 9.17) is 9.47 Å². The molecule has 3 aromatic rings. The first-order valence-corrected chi connectivity index (χ1v) is 12.6. The maximum absolute atomic E-state index is 13.3. The van der Waals surface area contributed by atoms with Crippen molar-refractivity contribution in [3.05, 3.63) is 60.9 Å². The van der Waals surface area contributed by atoms with E-state index in [0.717, 1.165) is 23.1 Å². The van der Waals surface area contributed by atoms with Gasteiger partial charge in [-0.3, -0.25) is 4.79 Å². The molecular formula is C29H35FN2O3. The summed E-state index contributed by atoms with van der Waals surface area (Å²) in [7, 11) is 0. The molecule has 0 aliphatic carbocycles. The van der Waals surface area contributed by atoms with Gasteiger partial charge in [0.25, 0.3) is 0 Å². The fraction of sp³-hybridized carbons (Fsp3) is 0.414. The van der Waals surface area contributed by atoms with Crippen LogP contribution < -0.4 is 9.47 Å². The Morgan fingerprint density at radius 3 is 2.00 bits per heavy atom. The van der Waals surface area contributed by atoms with Gasteiger partial charge in [0.1, 0.15) is 11.9 Å². The summed E-state index contributed by atoms with van der Waals surface area (Å²) in [6.07, 6.45) is 9.72. The molecule has 0 aliphatic heterocycles. The van der Waals surface area contributed by atoms with Crippen molar-refractivity contribution >= 4 is 5.97 Å². The quantitative estimate of drug-likeness (QED) is 0.136. The van der Waals surface area contributed by atoms with Crippen LogP contribution in [-0.4, -0.2) is 28.7 Å². The summed E-state index contributed by atoms with van der Waals surface area (Å²) in [5, 5.41) is 0. The van der Waals surface area contributed by atoms with E-state index in [1.54, 1.807) is 31.5 Å². The van der Waals surface area contributed by atoms with E-state index in [1.807, 2.05) is 36.4 Å². The van der Waals surface area contributed by atoms with Gasteiger partial charge >= 0.3 is 5.97 Å². The van der Waals surface area contributed by atoms with Gasteiger partial charge in [0, 0.05) is 5.56 Å². The average Bonchev–Trinajstić information content (AvgIpc) is 2.89. The number of benzene rings is 2. The molecular weight excluding hydrogens is 443 g/mol. The number of nitrogens with zero attached hydrogens (tertiary/aromatic N) is 2. The van der Waals surface area contributed by atoms with E-state index in [2.05, 4.69) is 16.9 Å². The second-order valence-electron chi connectivity index (χ2n) is 8.64. The molecule has 0 saturated carbocycles. The van der Waals surface area contributed by atoms with E-state index in [1.165, 1.54) is 32.1 Å². The summed E-state index contributed by atoms with van der Waals surface area (Å²) in [6.45, 7) is 4.62. The third-order valence-electron chi connectivity index (χ3n) is 5.79. The summed E-state index contributed by atoms with van der Waals surface area (Å²) in [4.78, 5) is 20.6. The molecule has 186 valence electrons. The Balaban J connectivity index is 1.50. The highest BCUT2D eigenvalue weighted by atomic mass is 19.1. The standard InChI is InChI=1S/C29H35FN2O3/c1-3-5-6-7-8-9-18-34-27-20-31-29(32-21-27)24-12-10-22(11-13-24)23-14-16-26(17-15-23)35-28(33)19-25(30)4-2/h10-17,20-21,25H,3-9,18-19H2,1-2H3. The maximum Gasteiger partial charge on any atom is 0.314 e. The molecule has 1 aromatic heterocycles. The minimum atomic E-state index is -1.17. The molecule has 0 spiro atoms. The Hall–Kier alpha value is -3.28. The van der Waals surface area contributed by atoms with Crippen LogP contribution in [0, 0.1) is 0 Å². The number of rotatable bonds is 14. The van der Waals surface area contributed by atoms with E-state index in [0.29, 0.717) is 30.4 Å². The Kier molecular flexibility index (Phi) is 10.7. The monoisotopic (exact) mass is 478 g/mol. The van der Waals surface area contributed by atoms with Crippen molar-refractivity contribution in [2.24, 2.45) is 0 Å². The van der Waals surface area contributed by atoms with Gasteiger partial charge in [0.15, 0.2) is 11.6 Å². The summed E-state index contributed by atoms with van der Waals surface area (Å²) < 4.78 is 24.3. The summed E-state index contributed by atoms with van der Waals surface area (Å²) in [6, 6.07) is 15.1. The number of unbranched alkanes of at least 4 members (excludes halogenated alkanes) is 5. The number of alkyl halides is 1. The van der Waals surface area contributed by atoms with Crippen LogP contribution in [0.4, 0.5) is 4.39 Å². The maximum atomic E-state index is 13.3. The highest BCUT2D eigenvalue weighted by molar-refractivity contribution is 5.73. The summed E-state index contributed by atoms with van der Waals surface area (Å²) in [5.74, 6) is 1.18. The van der Waals surface area contributed by atoms with Crippen molar-refractivity contribution in [3.8, 4) is 34.0 Å². The van der Waals surface area contributed by atoms with Crippen LogP contribution in [0.3, 0.4) is 0 Å². The molecule has 0 N–H and O–H groups in total. The Bertz CT molecular complexity index is 1020. The van der Waals surface area contributed by atoms with Crippen molar-refractivity contribution in [2.75, 3.05) is 6.61 Å². The van der Waals surface area contributed by atoms with Gasteiger partial charge in [0.05, 0.1) is 25.4 Å². The first-order chi connectivity index (χ1) is 17.1. The predicted octanol–water partition coefficient (Wildman–Crippen LogP) is 7.59. The molecule has 5 nitrogen and oxygen atoms in total. The minimum absolute atomic E-state index is 0.228. The SMILES string of the molecule is CCCCCCCCOc1cnc(-c2ccc(-c3ccc(OC(=O)CC(F)CC)cc3)cc2)nc1. The van der Waals surface area contributed by atoms with Gasteiger partial charge in [-0.15, -0.1) is 0 Å². The van der Waals surface area contributed by atoms with E-state index >= 15 is 0 Å². The normalized spacial score (nSPS) is 11.7. The first-order valence-electron chi connectivity index (χ1n) is 12.6. The fourth-order valence-corrected chi connectivity index (χ4v) is 3.64. The van der Waals surface area contributed by atoms with Crippen molar-refractivity contribution in [1.29, 1.82) is 0 Å². The fourth-order valence-electron chi connectivity index (χ4n) is 3.64. The zero-order chi connectivity index (χ0) is 24.9. The van der Waals surface area contributed by atoms with Crippen LogP contribution in [0.5, 0.6) is 11.5 Å². The Labute approximate surface area is 207 Å². The number of aromatic nitrogens is 2. The largest absolute Gasteiger partial charge is 0.490 e. The molecule has 0 radical (unpaired) electrons. The first kappa shape index (κ1) is 26.3. The molecule has 0 fully saturated rings. The van der Waals surface area contributed by atoms with Gasteiger partial charge in [-0.05, 0) is 36.1 Å². The molecule has 0 saturated heterocycles. The van der Waals surface area contributed by atoms with E-state index < -0.39 is 12.1 Å². The van der Waals surface area contributed by atoms with Crippen LogP contribution in [-0.2, 0) is 4.79 Å². The summed E-state index contributed by atoms with van der Waals surface area (Å²) >= 11 is 0. The van der Waals surface area contributed by atoms with Crippen molar-refractivity contribution in [2.45, 2.75) is 71.4 Å². The van der Waals surface area contributed by atoms with Gasteiger partial charge < -0.3 is 9.47 Å². The highest BCUT2D eigenvalue weighted by Gasteiger charge is 2.12. The minimum Gasteiger partial charge on any atom is -0.490 e. The van der Waals surface area contributed by atoms with Crippen LogP contribution in [0.2, 0.25) is 0 Å². The lowest BCUT2D eigenvalue weighted by atomic mass is 10.0. The predicted molar refractivity (Wildman–Crippen MR) is 137 cm³/mol. The van der Waals surface area contributed by atoms with Crippen molar-refractivity contribution in [3.63, 3.8) is 0 Å². The van der Waals surface area contributed by atoms with Crippen LogP contribution in [0.25, 0.3) is 22.5 Å². The smallest absolute Gasteiger partial charge is 0.314 e. The molecule has 0 bridgehead atoms. The molecule has 3 rings (SSSR count). The Morgan fingerprint density at radius 2 is 1.37 bits per heavy atom. The second kappa shape index (κ2) is 14.2. The molecule has 1 unspecified atom stereocenters. The number of carbonyl (C=O) groups is 1. The molecule has 6 heteroatoms. The molecule has 1 atom stereocenters. The Morgan fingerprint density at radius 1 is 0.800 bits per heavy atom. The number of esters is 1. The third kappa shape index (κ3) is 8.78. The number of hydrogen-bond acceptors (Lipinski definition) is 5. The number of halogens is 1. The van der Waals surface area contributed by atoms with Crippen LogP contribution in [0.15, 0.2) is 60.9 Å². The lowest BCUT2D eigenvalue weighted by molar-refractivity contribution is -0.135. The van der Waals surface area contributed by atoms with Crippen LogP contribution >= 0.6 is 0 Å². The molecule has 0 aliphatic rings. The summed E-state index contributed by atoms with van der Waals surface area (Å²) in [5.41, 5.74) is 2.91. The topological polar surface area (TPSA) is 61.3 Å². The number of hydrogen-bond donors (Lipinski definition) is 0. The molecule has 1 heterocycles. The van der Waals surface area contributed by atoms with Gasteiger partial charge in [-0.1, -0.05) is 82.3 Å². The highest BCUT2D eigenvalue weighted by Crippen LogP contribution is 2.26. The number of ether oxygens (including phenoxy) is 2. The van der Waals surface area contributed by atoms with E-state index in [9.17, 15) is 9.18 Å². The average molecular weight is 479 g/mol. The van der Waals surface area contributed by atoms with Crippen LogP contribution in [0.1, 0.15) is 65.2 Å². The zero-order valence-corrected chi connectivity index (χ0v) is 20.7. The second-order valence-corrected chi connectivity index (χ2v) is 8.64. The molecule has 35 heavy (non-hydrogen) atoms. The molecule has 2 aromatic carbocycles. The lowest BCUT2D eigenvalue weighted by Crippen LogP contribution is -2.14. The van der Waals surface area contributed by atoms with Gasteiger partial charge in [-0.2, -0.15) is 0 Å². The van der Waals surface area contributed by atoms with Gasteiger partial charge in [-0.25, -0.2) is 14.4 Å². The lowest BCUT2D eigenvalue weighted by Gasteiger charge is -2.08. The van der Waals surface area contributed by atoms with Crippen molar-refractivity contribution in [1.82, 2.24) is 9.97 Å².